The van der Waals surface area contributed by atoms with Crippen molar-refractivity contribution in [1.29, 1.82) is 0 Å². The summed E-state index contributed by atoms with van der Waals surface area (Å²) in [5.74, 6) is -2.02. The van der Waals surface area contributed by atoms with Crippen LogP contribution in [-0.4, -0.2) is 61.5 Å². The Morgan fingerprint density at radius 3 is 1.71 bits per heavy atom. The summed E-state index contributed by atoms with van der Waals surface area (Å²) in [6, 6.07) is 20.7. The number of hydrogen-bond donors (Lipinski definition) is 6. The number of aliphatic hydroxyl groups is 1. The second kappa shape index (κ2) is 20.1. The van der Waals surface area contributed by atoms with Crippen molar-refractivity contribution in [2.75, 3.05) is 12.4 Å². The maximum atomic E-state index is 13.1. The summed E-state index contributed by atoms with van der Waals surface area (Å²) in [4.78, 5) is 81.7. The molecule has 0 unspecified atom stereocenters. The Morgan fingerprint density at radius 2 is 1.20 bits per heavy atom. The molecule has 0 fully saturated rings. The number of Topliss-reactive ketones (excluding diaryl/α,β-unsaturated/α-hetero) is 1. The third kappa shape index (κ3) is 10.8. The van der Waals surface area contributed by atoms with Gasteiger partial charge in [0.2, 0.25) is 5.43 Å². The van der Waals surface area contributed by atoms with Crippen LogP contribution in [-0.2, 0) is 37.7 Å². The smallest absolute Gasteiger partial charge is 0.870 e. The predicted octanol–water partition coefficient (Wildman–Crippen LogP) is 5.03. The average Bonchev–Trinajstić information content (AvgIpc) is 3.43. The summed E-state index contributed by atoms with van der Waals surface area (Å²) in [7, 11) is 1.00. The van der Waals surface area contributed by atoms with Gasteiger partial charge in [0.25, 0.3) is 5.91 Å². The topological polar surface area (TPSA) is 246 Å². The van der Waals surface area contributed by atoms with Crippen molar-refractivity contribution in [2.45, 2.75) is 97.3 Å². The summed E-state index contributed by atoms with van der Waals surface area (Å²) in [6.07, 6.45) is 2.90. The number of aliphatic hydroxyl groups excluding tert-OH is 1. The Hall–Kier alpha value is -5.90. The van der Waals surface area contributed by atoms with Crippen molar-refractivity contribution in [2.24, 2.45) is 0 Å². The number of aromatic amines is 2. The molecule has 2 aromatic heterocycles. The molecule has 0 radical (unpaired) electrons. The molecule has 65 heavy (non-hydrogen) atoms. The number of anilines is 1. The number of nitrogens with one attached hydrogen (secondary N) is 3. The van der Waals surface area contributed by atoms with Gasteiger partial charge >= 0.3 is 41.5 Å². The molecule has 0 saturated carbocycles. The van der Waals surface area contributed by atoms with Crippen molar-refractivity contribution in [3.63, 3.8) is 0 Å². The normalized spacial score (nSPS) is 12.8. The van der Waals surface area contributed by atoms with Gasteiger partial charge in [-0.3, -0.25) is 28.8 Å². The van der Waals surface area contributed by atoms with E-state index < -0.39 is 33.6 Å². The van der Waals surface area contributed by atoms with Crippen LogP contribution in [0.25, 0.3) is 21.8 Å². The van der Waals surface area contributed by atoms with E-state index in [1.54, 1.807) is 54.6 Å². The number of H-pyrrole nitrogens is 2. The Balaban J connectivity index is 0.000000323. The van der Waals surface area contributed by atoms with Crippen LogP contribution in [0.15, 0.2) is 94.8 Å². The first-order chi connectivity index (χ1) is 29.3. The van der Waals surface area contributed by atoms with Crippen molar-refractivity contribution < 1.29 is 74.3 Å². The third-order valence-electron chi connectivity index (χ3n) is 11.3. The molecule has 4 aromatic carbocycles. The molecule has 0 bridgehead atoms. The number of carbonyl (C=O) groups is 4. The summed E-state index contributed by atoms with van der Waals surface area (Å²) in [5.41, 5.74) is 1.68. The van der Waals surface area contributed by atoms with Gasteiger partial charge in [0.15, 0.2) is 11.2 Å². The van der Waals surface area contributed by atoms with E-state index in [1.165, 1.54) is 32.3 Å². The van der Waals surface area contributed by atoms with Crippen LogP contribution in [0, 0.1) is 0 Å². The number of phenolic OH excluding ortho intramolecular Hbond substituents is 1. The van der Waals surface area contributed by atoms with E-state index in [9.17, 15) is 39.0 Å². The van der Waals surface area contributed by atoms with Crippen LogP contribution in [0.5, 0.6) is 11.5 Å². The largest absolute Gasteiger partial charge is 1.00 e. The fraction of sp³-hybridized carbons (Fsp3) is 0.320. The number of fused-ring (bicyclic) bond motifs is 3. The van der Waals surface area contributed by atoms with Gasteiger partial charge < -0.3 is 40.8 Å². The van der Waals surface area contributed by atoms with Crippen molar-refractivity contribution in [3.8, 4) is 11.5 Å². The molecule has 15 heteroatoms. The first-order valence-corrected chi connectivity index (χ1v) is 20.4. The second-order valence-corrected chi connectivity index (χ2v) is 18.6. The van der Waals surface area contributed by atoms with E-state index in [4.69, 9.17) is 9.84 Å². The molecule has 0 spiro atoms. The number of carboxylic acid groups (broad SMARTS) is 1. The van der Waals surface area contributed by atoms with E-state index in [0.717, 1.165) is 23.8 Å². The van der Waals surface area contributed by atoms with Gasteiger partial charge in [0, 0.05) is 70.6 Å². The molecule has 14 nitrogen and oxygen atoms in total. The number of aromatic nitrogens is 2. The minimum absolute atomic E-state index is 0. The average molecular weight is 898 g/mol. The number of rotatable bonds is 7. The fourth-order valence-electron chi connectivity index (χ4n) is 7.47. The standard InChI is InChI=1S/C25H25NO4.C24H26N2O5.CH4O.Na.H2O/c1-24(2,3)17-12-18-21(30-23(29)25(18,4)5)11-14(17)10-20(27)16-13-26-19-9-7-6-8-15(19)22(16)28;1-23(2,3)15-10-16(24(4,5)22(30)31)19(27)11-18(15)26-21(29)14-12-25-17-9-7-6-8-13(17)20(14)28;1-2;;/h6-9,11-13H,10H2,1-5H3,(H,26,28);6-12,27H,1-5H3,(H,25,28)(H,26,29)(H,30,31);2H,1H3;;1H2/q;;;+1;/p-1. The minimum Gasteiger partial charge on any atom is -0.870 e. The van der Waals surface area contributed by atoms with Gasteiger partial charge in [-0.2, -0.15) is 0 Å². The number of para-hydroxylation sites is 2. The molecule has 7 N–H and O–H groups in total. The molecule has 1 aliphatic heterocycles. The van der Waals surface area contributed by atoms with E-state index >= 15 is 0 Å². The number of ether oxygens (including phenoxy) is 1. The zero-order valence-corrected chi connectivity index (χ0v) is 40.9. The SMILES string of the molecule is CC(C)(C)c1cc(C(C)(C)C(=O)O)c(O)cc1NC(=O)c1c[nH]c2ccccc2c1=O.CC(C)(C)c1cc2c(cc1CC(=O)c1c[nH]c3ccccc3c1=O)OC(=O)C2(C)C.CO.[Na+].[OH-]. The van der Waals surface area contributed by atoms with E-state index in [0.29, 0.717) is 38.8 Å². The Morgan fingerprint density at radius 1 is 0.708 bits per heavy atom. The van der Waals surface area contributed by atoms with Gasteiger partial charge in [-0.25, -0.2) is 0 Å². The zero-order chi connectivity index (χ0) is 47.0. The molecule has 1 amide bonds. The number of phenols is 1. The number of ketones is 1. The first-order valence-electron chi connectivity index (χ1n) is 20.4. The third-order valence-corrected chi connectivity index (χ3v) is 11.3. The van der Waals surface area contributed by atoms with Crippen LogP contribution in [0.3, 0.4) is 0 Å². The van der Waals surface area contributed by atoms with Crippen LogP contribution in [0.4, 0.5) is 5.69 Å². The number of hydrogen-bond acceptors (Lipinski definition) is 10. The molecular formula is C50H56N3NaO11. The minimum atomic E-state index is -1.33. The van der Waals surface area contributed by atoms with E-state index in [1.807, 2.05) is 46.8 Å². The molecule has 7 rings (SSSR count). The van der Waals surface area contributed by atoms with Gasteiger partial charge in [-0.05, 0) is 91.6 Å². The molecule has 0 atom stereocenters. The second-order valence-electron chi connectivity index (χ2n) is 18.6. The Kier molecular flexibility index (Phi) is 16.5. The molecular weight excluding hydrogens is 842 g/mol. The fourth-order valence-corrected chi connectivity index (χ4v) is 7.47. The van der Waals surface area contributed by atoms with Gasteiger partial charge in [0.1, 0.15) is 17.1 Å². The first kappa shape index (κ1) is 53.4. The molecule has 338 valence electrons. The van der Waals surface area contributed by atoms with Gasteiger partial charge in [0.05, 0.1) is 16.4 Å². The number of benzene rings is 4. The maximum Gasteiger partial charge on any atom is 1.00 e. The summed E-state index contributed by atoms with van der Waals surface area (Å²) in [6.45, 7) is 18.6. The molecule has 0 saturated heterocycles. The van der Waals surface area contributed by atoms with Crippen LogP contribution in [0.1, 0.15) is 118 Å². The molecule has 6 aromatic rings. The monoisotopic (exact) mass is 897 g/mol. The predicted molar refractivity (Wildman–Crippen MR) is 246 cm³/mol. The van der Waals surface area contributed by atoms with E-state index in [-0.39, 0.29) is 86.5 Å². The quantitative estimate of drug-likeness (QED) is 0.0537. The zero-order valence-electron chi connectivity index (χ0n) is 38.9. The van der Waals surface area contributed by atoms with Gasteiger partial charge in [-0.15, -0.1) is 0 Å². The maximum absolute atomic E-state index is 13.1. The van der Waals surface area contributed by atoms with Crippen molar-refractivity contribution >= 4 is 51.1 Å². The molecule has 1 aliphatic rings. The molecule has 3 heterocycles. The summed E-state index contributed by atoms with van der Waals surface area (Å²) >= 11 is 0. The Labute approximate surface area is 399 Å². The summed E-state index contributed by atoms with van der Waals surface area (Å²) in [5, 5.41) is 30.7. The number of carboxylic acids is 1. The van der Waals surface area contributed by atoms with Crippen LogP contribution in [0.2, 0.25) is 0 Å². The van der Waals surface area contributed by atoms with Crippen molar-refractivity contribution in [3.05, 3.63) is 145 Å². The number of esters is 1. The Bertz CT molecular complexity index is 2920. The van der Waals surface area contributed by atoms with Crippen LogP contribution < -0.4 is 50.5 Å². The number of aromatic hydroxyl groups is 1. The summed E-state index contributed by atoms with van der Waals surface area (Å²) < 4.78 is 5.48. The number of amides is 1. The van der Waals surface area contributed by atoms with Crippen molar-refractivity contribution in [1.82, 2.24) is 9.97 Å². The number of pyridine rings is 2. The van der Waals surface area contributed by atoms with Gasteiger partial charge in [-0.1, -0.05) is 71.9 Å². The number of aliphatic carboxylic acids is 1. The van der Waals surface area contributed by atoms with E-state index in [2.05, 4.69) is 36.1 Å². The molecule has 0 aliphatic carbocycles. The number of carbonyl (C=O) groups excluding carboxylic acids is 3. The van der Waals surface area contributed by atoms with Crippen LogP contribution >= 0.6 is 0 Å².